The van der Waals surface area contributed by atoms with Crippen LogP contribution in [0.3, 0.4) is 0 Å². The smallest absolute Gasteiger partial charge is 0.390 e. The zero-order valence-corrected chi connectivity index (χ0v) is 35.9. The summed E-state index contributed by atoms with van der Waals surface area (Å²) in [5, 5.41) is 24.6. The third-order valence-corrected chi connectivity index (χ3v) is 10.1. The van der Waals surface area contributed by atoms with Gasteiger partial charge in [0.05, 0.1) is 39.9 Å². The van der Waals surface area contributed by atoms with Gasteiger partial charge in [0.2, 0.25) is 5.91 Å². The van der Waals surface area contributed by atoms with Gasteiger partial charge in [0.25, 0.3) is 0 Å². The number of hydrogen-bond acceptors (Lipinski definition) is 6. The number of likely N-dealkylation sites (N-methyl/N-ethyl adjacent to an activating group) is 1. The maximum absolute atomic E-state index is 12.9. The number of allylic oxidation sites excluding steroid dienone is 10. The molecule has 0 saturated heterocycles. The highest BCUT2D eigenvalue weighted by atomic mass is 31.2. The molecule has 0 aromatic rings. The Morgan fingerprint density at radius 3 is 1.76 bits per heavy atom. The van der Waals surface area contributed by atoms with Gasteiger partial charge in [0, 0.05) is 6.42 Å². The van der Waals surface area contributed by atoms with Crippen molar-refractivity contribution in [3.05, 3.63) is 60.8 Å². The predicted molar refractivity (Wildman–Crippen MR) is 227 cm³/mol. The van der Waals surface area contributed by atoms with Crippen LogP contribution in [0.15, 0.2) is 60.8 Å². The van der Waals surface area contributed by atoms with Crippen LogP contribution in [0.4, 0.5) is 0 Å². The number of phosphoric ester groups is 1. The molecule has 314 valence electrons. The highest BCUT2D eigenvalue weighted by Gasteiger charge is 2.31. The summed E-state index contributed by atoms with van der Waals surface area (Å²) in [6, 6.07) is -1.06. The number of nitrogens with one attached hydrogen (secondary N) is 1. The van der Waals surface area contributed by atoms with E-state index in [1.54, 1.807) is 0 Å². The minimum atomic E-state index is -4.43. The molecule has 10 heteroatoms. The molecule has 0 radical (unpaired) electrons. The molecule has 0 aliphatic heterocycles. The van der Waals surface area contributed by atoms with Gasteiger partial charge in [-0.1, -0.05) is 119 Å². The van der Waals surface area contributed by atoms with Crippen LogP contribution in [0.5, 0.6) is 0 Å². The Balaban J connectivity index is 4.59. The number of amides is 1. The summed E-state index contributed by atoms with van der Waals surface area (Å²) < 4.78 is 23.4. The number of nitrogens with zero attached hydrogens (tertiary/aromatic N) is 1. The second kappa shape index (κ2) is 35.6. The molecule has 9 nitrogen and oxygen atoms in total. The van der Waals surface area contributed by atoms with Gasteiger partial charge in [0.1, 0.15) is 19.3 Å². The van der Waals surface area contributed by atoms with Crippen LogP contribution in [0.2, 0.25) is 0 Å². The summed E-state index contributed by atoms with van der Waals surface area (Å²) in [7, 11) is 1.39. The van der Waals surface area contributed by atoms with Gasteiger partial charge < -0.3 is 24.9 Å². The fourth-order valence-corrected chi connectivity index (χ4v) is 6.42. The van der Waals surface area contributed by atoms with Crippen LogP contribution in [0, 0.1) is 0 Å². The van der Waals surface area contributed by atoms with Crippen LogP contribution in [-0.4, -0.2) is 84.6 Å². The molecule has 4 atom stereocenters. The molecule has 4 N–H and O–H groups in total. The maximum Gasteiger partial charge on any atom is 0.472 e. The number of carbonyl (C=O) groups is 1. The minimum Gasteiger partial charge on any atom is -0.390 e. The van der Waals surface area contributed by atoms with Crippen molar-refractivity contribution in [2.75, 3.05) is 40.9 Å². The summed E-state index contributed by atoms with van der Waals surface area (Å²) in [6.45, 7) is 4.31. The zero-order chi connectivity index (χ0) is 40.2. The van der Waals surface area contributed by atoms with Gasteiger partial charge >= 0.3 is 7.82 Å². The lowest BCUT2D eigenvalue weighted by atomic mass is 10.0. The lowest BCUT2D eigenvalue weighted by Gasteiger charge is -2.28. The molecule has 0 saturated carbocycles. The summed E-state index contributed by atoms with van der Waals surface area (Å²) in [6.07, 6.45) is 41.5. The first-order valence-corrected chi connectivity index (χ1v) is 22.7. The van der Waals surface area contributed by atoms with Gasteiger partial charge in [0.15, 0.2) is 0 Å². The Morgan fingerprint density at radius 1 is 0.685 bits per heavy atom. The van der Waals surface area contributed by atoms with Crippen LogP contribution in [0.25, 0.3) is 0 Å². The number of aliphatic hydroxyl groups is 2. The molecular formula is C44H82N2O7P+. The molecule has 0 spiro atoms. The van der Waals surface area contributed by atoms with Crippen LogP contribution < -0.4 is 5.32 Å². The van der Waals surface area contributed by atoms with Gasteiger partial charge in [-0.3, -0.25) is 13.8 Å². The lowest BCUT2D eigenvalue weighted by Crippen LogP contribution is -2.51. The molecule has 0 aromatic carbocycles. The average Bonchev–Trinajstić information content (AvgIpc) is 3.12. The third-order valence-electron chi connectivity index (χ3n) is 9.13. The molecule has 0 bridgehead atoms. The fourth-order valence-electron chi connectivity index (χ4n) is 5.68. The summed E-state index contributed by atoms with van der Waals surface area (Å²) >= 11 is 0. The summed E-state index contributed by atoms with van der Waals surface area (Å²) in [5.41, 5.74) is 0. The fraction of sp³-hybridized carbons (Fsp3) is 0.750. The SMILES string of the molecule is C/C=C/CC/C=C/CC/C=C/CCCC(O)C(O)C(COP(=O)(O)OCC[N+](C)(C)C)NC(=O)CCCCCCCCC/C=C\C/C=C\CCCCCC. The van der Waals surface area contributed by atoms with Gasteiger partial charge in [-0.05, 0) is 90.4 Å². The van der Waals surface area contributed by atoms with E-state index in [2.05, 4.69) is 73.0 Å². The Labute approximate surface area is 331 Å². The number of quaternary nitrogens is 1. The van der Waals surface area contributed by atoms with E-state index in [9.17, 15) is 24.5 Å². The standard InChI is InChI=1S/C44H81N2O7P/c1-6-8-10-12-14-16-18-20-21-22-23-24-25-27-29-31-33-35-37-43(48)45-41(40-53-54(50,51)52-39-38-46(3,4)5)44(49)42(47)36-34-32-30-28-26-19-17-15-13-11-9-7-2/h7,9,15-18,21-22,28,30,41-42,44,47,49H,6,8,10-14,19-20,23-27,29,31-40H2,1-5H3,(H-,45,48,50,51)/p+1/b9-7+,17-15+,18-16-,22-21-,30-28+. The van der Waals surface area contributed by atoms with E-state index in [-0.39, 0.29) is 18.9 Å². The van der Waals surface area contributed by atoms with E-state index in [1.807, 2.05) is 28.1 Å². The predicted octanol–water partition coefficient (Wildman–Crippen LogP) is 10.4. The Morgan fingerprint density at radius 2 is 1.19 bits per heavy atom. The first-order valence-electron chi connectivity index (χ1n) is 21.2. The summed E-state index contributed by atoms with van der Waals surface area (Å²) in [5.74, 6) is -0.287. The second-order valence-corrected chi connectivity index (χ2v) is 16.9. The Hall–Kier alpha value is -1.84. The molecule has 0 heterocycles. The van der Waals surface area contributed by atoms with Crippen LogP contribution in [-0.2, 0) is 18.4 Å². The highest BCUT2D eigenvalue weighted by Crippen LogP contribution is 2.43. The minimum absolute atomic E-state index is 0.00800. The monoisotopic (exact) mass is 782 g/mol. The second-order valence-electron chi connectivity index (χ2n) is 15.5. The first kappa shape index (κ1) is 52.2. The van der Waals surface area contributed by atoms with Crippen molar-refractivity contribution >= 4 is 13.7 Å². The lowest BCUT2D eigenvalue weighted by molar-refractivity contribution is -0.870. The van der Waals surface area contributed by atoms with Crippen molar-refractivity contribution in [3.63, 3.8) is 0 Å². The quantitative estimate of drug-likeness (QED) is 0.0214. The van der Waals surface area contributed by atoms with Crippen molar-refractivity contribution in [1.82, 2.24) is 5.32 Å². The van der Waals surface area contributed by atoms with E-state index in [0.29, 0.717) is 30.3 Å². The molecule has 1 amide bonds. The van der Waals surface area contributed by atoms with Crippen LogP contribution in [0.1, 0.15) is 155 Å². The van der Waals surface area contributed by atoms with E-state index < -0.39 is 32.7 Å². The maximum atomic E-state index is 12.9. The third kappa shape index (κ3) is 35.8. The van der Waals surface area contributed by atoms with Gasteiger partial charge in [-0.25, -0.2) is 4.57 Å². The average molecular weight is 782 g/mol. The highest BCUT2D eigenvalue weighted by molar-refractivity contribution is 7.47. The zero-order valence-electron chi connectivity index (χ0n) is 35.1. The van der Waals surface area contributed by atoms with Crippen molar-refractivity contribution < 1.29 is 38.0 Å². The van der Waals surface area contributed by atoms with Gasteiger partial charge in [-0.15, -0.1) is 0 Å². The molecule has 4 unspecified atom stereocenters. The molecular weight excluding hydrogens is 699 g/mol. The van der Waals surface area contributed by atoms with Crippen molar-refractivity contribution in [2.45, 2.75) is 173 Å². The first-order chi connectivity index (χ1) is 25.9. The number of carbonyl (C=O) groups excluding carboxylic acids is 1. The largest absolute Gasteiger partial charge is 0.472 e. The topological polar surface area (TPSA) is 125 Å². The van der Waals surface area contributed by atoms with Gasteiger partial charge in [-0.2, -0.15) is 0 Å². The Bertz CT molecular complexity index is 1080. The van der Waals surface area contributed by atoms with E-state index in [1.165, 1.54) is 51.4 Å². The van der Waals surface area contributed by atoms with Crippen LogP contribution >= 0.6 is 7.82 Å². The summed E-state index contributed by atoms with van der Waals surface area (Å²) in [4.78, 5) is 23.1. The number of rotatable bonds is 37. The molecule has 0 aliphatic rings. The molecule has 54 heavy (non-hydrogen) atoms. The van der Waals surface area contributed by atoms with Crippen molar-refractivity contribution in [1.29, 1.82) is 0 Å². The number of phosphoric acid groups is 1. The molecule has 0 rings (SSSR count). The van der Waals surface area contributed by atoms with E-state index >= 15 is 0 Å². The van der Waals surface area contributed by atoms with Crippen molar-refractivity contribution in [3.8, 4) is 0 Å². The Kier molecular flexibility index (Phi) is 34.4. The van der Waals surface area contributed by atoms with E-state index in [4.69, 9.17) is 9.05 Å². The molecule has 0 aromatic heterocycles. The number of aliphatic hydroxyl groups excluding tert-OH is 2. The van der Waals surface area contributed by atoms with Crippen molar-refractivity contribution in [2.24, 2.45) is 0 Å². The number of unbranched alkanes of at least 4 members (excludes halogenated alkanes) is 14. The van der Waals surface area contributed by atoms with E-state index in [0.717, 1.165) is 64.2 Å². The number of hydrogen-bond donors (Lipinski definition) is 4. The normalized spacial score (nSPS) is 15.6. The molecule has 0 fully saturated rings. The molecule has 0 aliphatic carbocycles.